The second-order valence-corrected chi connectivity index (χ2v) is 7.09. The number of hydrogen-bond donors (Lipinski definition) is 1. The van der Waals surface area contributed by atoms with Gasteiger partial charge in [-0.15, -0.1) is 0 Å². The van der Waals surface area contributed by atoms with Crippen molar-refractivity contribution in [2.24, 2.45) is 11.7 Å². The van der Waals surface area contributed by atoms with Crippen molar-refractivity contribution in [2.75, 3.05) is 19.6 Å². The predicted molar refractivity (Wildman–Crippen MR) is 85.1 cm³/mol. The first-order valence-corrected chi connectivity index (χ1v) is 8.34. The zero-order valence-corrected chi connectivity index (χ0v) is 13.6. The van der Waals surface area contributed by atoms with Crippen LogP contribution in [0.4, 0.5) is 0 Å². The molecule has 1 aromatic rings. The van der Waals surface area contributed by atoms with Gasteiger partial charge in [-0.2, -0.15) is 0 Å². The summed E-state index contributed by atoms with van der Waals surface area (Å²) in [6.45, 7) is 5.27. The number of rotatable bonds is 3. The molecular formula is C16H23BrN2O. The lowest BCUT2D eigenvalue weighted by Crippen LogP contribution is -2.47. The van der Waals surface area contributed by atoms with Crippen molar-refractivity contribution in [2.45, 2.75) is 38.3 Å². The van der Waals surface area contributed by atoms with Crippen molar-refractivity contribution in [3.8, 4) is 5.75 Å². The number of nitrogens with zero attached hydrogens (tertiary/aromatic N) is 1. The van der Waals surface area contributed by atoms with E-state index in [0.29, 0.717) is 18.1 Å². The minimum absolute atomic E-state index is 0.290. The van der Waals surface area contributed by atoms with Crippen LogP contribution in [0.5, 0.6) is 5.75 Å². The van der Waals surface area contributed by atoms with E-state index < -0.39 is 0 Å². The average Bonchev–Trinajstić information content (AvgIpc) is 2.82. The lowest BCUT2D eigenvalue weighted by molar-refractivity contribution is 0.0745. The molecule has 0 spiro atoms. The Labute approximate surface area is 129 Å². The Morgan fingerprint density at radius 2 is 2.25 bits per heavy atom. The fourth-order valence-electron chi connectivity index (χ4n) is 3.36. The highest BCUT2D eigenvalue weighted by molar-refractivity contribution is 9.10. The zero-order valence-electron chi connectivity index (χ0n) is 12.0. The highest BCUT2D eigenvalue weighted by Gasteiger charge is 2.30. The molecule has 20 heavy (non-hydrogen) atoms. The molecule has 1 saturated heterocycles. The third-order valence-corrected chi connectivity index (χ3v) is 5.14. The van der Waals surface area contributed by atoms with Crippen LogP contribution < -0.4 is 10.5 Å². The monoisotopic (exact) mass is 338 g/mol. The second kappa shape index (κ2) is 6.04. The zero-order chi connectivity index (χ0) is 14.1. The third-order valence-electron chi connectivity index (χ3n) is 4.64. The smallest absolute Gasteiger partial charge is 0.123 e. The van der Waals surface area contributed by atoms with Gasteiger partial charge >= 0.3 is 0 Å². The molecule has 2 aliphatic heterocycles. The molecule has 1 aromatic carbocycles. The van der Waals surface area contributed by atoms with E-state index in [1.807, 2.05) is 0 Å². The largest absolute Gasteiger partial charge is 0.488 e. The number of likely N-dealkylation sites (tertiary alicyclic amines) is 1. The molecule has 0 amide bonds. The molecule has 2 aliphatic rings. The van der Waals surface area contributed by atoms with Gasteiger partial charge in [0.2, 0.25) is 0 Å². The highest BCUT2D eigenvalue weighted by atomic mass is 79.9. The standard InChI is InChI=1S/C16H23BrN2O/c1-11-2-3-12(8-18)9-19(11)10-15-7-13-6-14(17)4-5-16(13)20-15/h4-6,11-12,15H,2-3,7-10,18H2,1H3. The SMILES string of the molecule is CC1CCC(CN)CN1CC1Cc2cc(Br)ccc2O1. The van der Waals surface area contributed by atoms with Crippen LogP contribution >= 0.6 is 15.9 Å². The number of fused-ring (bicyclic) bond motifs is 1. The maximum Gasteiger partial charge on any atom is 0.123 e. The van der Waals surface area contributed by atoms with Crippen LogP contribution in [-0.2, 0) is 6.42 Å². The quantitative estimate of drug-likeness (QED) is 0.920. The van der Waals surface area contributed by atoms with Gasteiger partial charge in [-0.25, -0.2) is 0 Å². The summed E-state index contributed by atoms with van der Waals surface area (Å²) in [5.41, 5.74) is 7.17. The van der Waals surface area contributed by atoms with Crippen LogP contribution in [0.25, 0.3) is 0 Å². The molecule has 3 nitrogen and oxygen atoms in total. The fraction of sp³-hybridized carbons (Fsp3) is 0.625. The van der Waals surface area contributed by atoms with Gasteiger partial charge in [0.25, 0.3) is 0 Å². The number of ether oxygens (including phenoxy) is 1. The molecule has 0 aliphatic carbocycles. The van der Waals surface area contributed by atoms with Crippen LogP contribution in [0.2, 0.25) is 0 Å². The number of nitrogens with two attached hydrogens (primary N) is 1. The first-order valence-electron chi connectivity index (χ1n) is 7.55. The van der Waals surface area contributed by atoms with E-state index in [1.165, 1.54) is 18.4 Å². The lowest BCUT2D eigenvalue weighted by Gasteiger charge is -2.38. The van der Waals surface area contributed by atoms with Crippen LogP contribution in [0.15, 0.2) is 22.7 Å². The Hall–Kier alpha value is -0.580. The summed E-state index contributed by atoms with van der Waals surface area (Å²) < 4.78 is 7.22. The number of benzene rings is 1. The topological polar surface area (TPSA) is 38.5 Å². The van der Waals surface area contributed by atoms with Crippen LogP contribution in [0, 0.1) is 5.92 Å². The predicted octanol–water partition coefficient (Wildman–Crippen LogP) is 2.81. The van der Waals surface area contributed by atoms with Crippen LogP contribution in [-0.4, -0.2) is 36.7 Å². The Balaban J connectivity index is 1.62. The van der Waals surface area contributed by atoms with E-state index in [4.69, 9.17) is 10.5 Å². The Morgan fingerprint density at radius 3 is 3.05 bits per heavy atom. The van der Waals surface area contributed by atoms with Gasteiger partial charge in [-0.05, 0) is 56.0 Å². The molecule has 3 rings (SSSR count). The van der Waals surface area contributed by atoms with Crippen molar-refractivity contribution in [3.63, 3.8) is 0 Å². The summed E-state index contributed by atoms with van der Waals surface area (Å²) in [5.74, 6) is 1.71. The Kier molecular flexibility index (Phi) is 4.34. The minimum atomic E-state index is 0.290. The number of halogens is 1. The number of hydrogen-bond acceptors (Lipinski definition) is 3. The molecule has 0 bridgehead atoms. The first kappa shape index (κ1) is 14.4. The Morgan fingerprint density at radius 1 is 1.40 bits per heavy atom. The maximum atomic E-state index is 6.09. The molecule has 2 heterocycles. The van der Waals surface area contributed by atoms with Crippen molar-refractivity contribution < 1.29 is 4.74 Å². The van der Waals surface area contributed by atoms with Crippen LogP contribution in [0.1, 0.15) is 25.3 Å². The fourth-order valence-corrected chi connectivity index (χ4v) is 3.77. The molecule has 3 unspecified atom stereocenters. The molecular weight excluding hydrogens is 316 g/mol. The summed E-state index contributed by atoms with van der Waals surface area (Å²) in [5, 5.41) is 0. The second-order valence-electron chi connectivity index (χ2n) is 6.18. The molecule has 3 atom stereocenters. The van der Waals surface area contributed by atoms with E-state index in [9.17, 15) is 0 Å². The minimum Gasteiger partial charge on any atom is -0.488 e. The van der Waals surface area contributed by atoms with Gasteiger partial charge < -0.3 is 10.5 Å². The van der Waals surface area contributed by atoms with E-state index in [-0.39, 0.29) is 0 Å². The van der Waals surface area contributed by atoms with Gasteiger partial charge in [0.05, 0.1) is 0 Å². The molecule has 0 saturated carbocycles. The van der Waals surface area contributed by atoms with Crippen molar-refractivity contribution in [1.82, 2.24) is 4.90 Å². The molecule has 0 radical (unpaired) electrons. The van der Waals surface area contributed by atoms with Gasteiger partial charge in [-0.3, -0.25) is 4.90 Å². The third kappa shape index (κ3) is 3.02. The van der Waals surface area contributed by atoms with Gasteiger partial charge in [-0.1, -0.05) is 15.9 Å². The molecule has 1 fully saturated rings. The van der Waals surface area contributed by atoms with Gasteiger partial charge in [0.1, 0.15) is 11.9 Å². The summed E-state index contributed by atoms with van der Waals surface area (Å²) in [6, 6.07) is 6.95. The molecule has 2 N–H and O–H groups in total. The first-order chi connectivity index (χ1) is 9.65. The van der Waals surface area contributed by atoms with E-state index in [1.54, 1.807) is 0 Å². The molecule has 4 heteroatoms. The van der Waals surface area contributed by atoms with E-state index in [0.717, 1.165) is 36.3 Å². The average molecular weight is 339 g/mol. The van der Waals surface area contributed by atoms with E-state index in [2.05, 4.69) is 46.0 Å². The Bertz CT molecular complexity index is 480. The van der Waals surface area contributed by atoms with Crippen molar-refractivity contribution in [1.29, 1.82) is 0 Å². The summed E-state index contributed by atoms with van der Waals surface area (Å²) in [4.78, 5) is 2.56. The van der Waals surface area contributed by atoms with Gasteiger partial charge in [0, 0.05) is 30.0 Å². The van der Waals surface area contributed by atoms with Gasteiger partial charge in [0.15, 0.2) is 0 Å². The lowest BCUT2D eigenvalue weighted by atomic mass is 9.93. The maximum absolute atomic E-state index is 6.09. The summed E-state index contributed by atoms with van der Waals surface area (Å²) in [7, 11) is 0. The summed E-state index contributed by atoms with van der Waals surface area (Å²) in [6.07, 6.45) is 3.84. The summed E-state index contributed by atoms with van der Waals surface area (Å²) >= 11 is 3.53. The van der Waals surface area contributed by atoms with E-state index >= 15 is 0 Å². The van der Waals surface area contributed by atoms with Crippen LogP contribution in [0.3, 0.4) is 0 Å². The number of piperidine rings is 1. The van der Waals surface area contributed by atoms with Crippen molar-refractivity contribution >= 4 is 15.9 Å². The van der Waals surface area contributed by atoms with Crippen molar-refractivity contribution in [3.05, 3.63) is 28.2 Å². The highest BCUT2D eigenvalue weighted by Crippen LogP contribution is 2.32. The molecule has 110 valence electrons. The molecule has 0 aromatic heterocycles. The normalized spacial score (nSPS) is 30.1.